The molecule has 31 heavy (non-hydrogen) atoms. The average Bonchev–Trinajstić information content (AvgIpc) is 3.41. The number of aryl methyl sites for hydroxylation is 1. The van der Waals surface area contributed by atoms with Crippen LogP contribution in [0.15, 0.2) is 52.6 Å². The molecular weight excluding hydrogens is 475 g/mol. The predicted molar refractivity (Wildman–Crippen MR) is 126 cm³/mol. The van der Waals surface area contributed by atoms with Gasteiger partial charge in [-0.1, -0.05) is 29.3 Å². The molecule has 3 aromatic heterocycles. The summed E-state index contributed by atoms with van der Waals surface area (Å²) in [5, 5.41) is 10.9. The number of halogens is 2. The first-order valence-corrected chi connectivity index (χ1v) is 11.7. The minimum atomic E-state index is -0.304. The fraction of sp³-hybridized carbons (Fsp3) is 0.143. The molecule has 0 atom stereocenters. The molecule has 0 spiro atoms. The molecule has 0 bridgehead atoms. The normalized spacial score (nSPS) is 10.9. The lowest BCUT2D eigenvalue weighted by Crippen LogP contribution is -2.31. The van der Waals surface area contributed by atoms with Crippen LogP contribution in [0.4, 0.5) is 0 Å². The van der Waals surface area contributed by atoms with Crippen molar-refractivity contribution in [2.75, 3.05) is 6.54 Å². The largest absolute Gasteiger partial charge is 0.350 e. The summed E-state index contributed by atoms with van der Waals surface area (Å²) in [6, 6.07) is 11.8. The monoisotopic (exact) mass is 490 g/mol. The van der Waals surface area contributed by atoms with E-state index in [-0.39, 0.29) is 24.6 Å². The Labute approximate surface area is 196 Å². The molecule has 1 aromatic carbocycles. The summed E-state index contributed by atoms with van der Waals surface area (Å²) in [7, 11) is 0. The average molecular weight is 491 g/mol. The van der Waals surface area contributed by atoms with Crippen LogP contribution in [0, 0.1) is 6.92 Å². The lowest BCUT2D eigenvalue weighted by Gasteiger charge is -2.08. The van der Waals surface area contributed by atoms with Gasteiger partial charge in [0.05, 0.1) is 32.0 Å². The van der Waals surface area contributed by atoms with Crippen LogP contribution >= 0.6 is 45.9 Å². The van der Waals surface area contributed by atoms with Crippen LogP contribution in [0.25, 0.3) is 20.5 Å². The van der Waals surface area contributed by atoms with Gasteiger partial charge in [0.15, 0.2) is 0 Å². The van der Waals surface area contributed by atoms with Crippen LogP contribution < -0.4 is 10.9 Å². The van der Waals surface area contributed by atoms with Gasteiger partial charge in [-0.3, -0.25) is 9.59 Å². The maximum atomic E-state index is 12.3. The number of hydrogen-bond donors (Lipinski definition) is 1. The number of carbonyl (C=O) groups excluding carboxylic acids is 1. The van der Waals surface area contributed by atoms with Crippen molar-refractivity contribution >= 4 is 51.8 Å². The molecule has 4 aromatic rings. The van der Waals surface area contributed by atoms with Crippen molar-refractivity contribution < 1.29 is 4.79 Å². The number of thiophene rings is 1. The second kappa shape index (κ2) is 9.32. The summed E-state index contributed by atoms with van der Waals surface area (Å²) in [6.45, 7) is 2.39. The first-order valence-electron chi connectivity index (χ1n) is 9.25. The number of nitrogens with one attached hydrogen (secondary N) is 1. The fourth-order valence-electron chi connectivity index (χ4n) is 2.88. The summed E-state index contributed by atoms with van der Waals surface area (Å²) < 4.78 is 1.34. The first-order chi connectivity index (χ1) is 14.9. The molecule has 1 N–H and O–H groups in total. The highest BCUT2D eigenvalue weighted by molar-refractivity contribution is 7.23. The van der Waals surface area contributed by atoms with E-state index >= 15 is 0 Å². The highest BCUT2D eigenvalue weighted by Crippen LogP contribution is 2.35. The van der Waals surface area contributed by atoms with E-state index in [9.17, 15) is 9.59 Å². The number of benzene rings is 1. The summed E-state index contributed by atoms with van der Waals surface area (Å²) in [6.07, 6.45) is 0. The fourth-order valence-corrected chi connectivity index (χ4v) is 5.01. The van der Waals surface area contributed by atoms with E-state index < -0.39 is 0 Å². The van der Waals surface area contributed by atoms with E-state index in [1.807, 2.05) is 24.4 Å². The van der Waals surface area contributed by atoms with Gasteiger partial charge < -0.3 is 5.32 Å². The maximum absolute atomic E-state index is 12.3. The zero-order valence-electron chi connectivity index (χ0n) is 16.3. The Hall–Kier alpha value is -2.52. The van der Waals surface area contributed by atoms with E-state index in [4.69, 9.17) is 23.2 Å². The van der Waals surface area contributed by atoms with E-state index in [1.54, 1.807) is 40.9 Å². The molecule has 0 unspecified atom stereocenters. The molecule has 0 fully saturated rings. The van der Waals surface area contributed by atoms with Crippen LogP contribution in [-0.4, -0.2) is 27.2 Å². The molecule has 4 rings (SSSR count). The number of thiazole rings is 1. The number of hydrogen-bond acceptors (Lipinski definition) is 6. The van der Waals surface area contributed by atoms with Crippen molar-refractivity contribution in [3.8, 4) is 20.5 Å². The van der Waals surface area contributed by atoms with Crippen molar-refractivity contribution in [1.82, 2.24) is 20.1 Å². The standard InChI is InChI=1S/C21H16Cl2N4O2S2/c1-12-19(31-21(25-12)17-3-2-10-30-17)16-6-7-18(28)27(26-16)9-8-24-20(29)13-4-5-14(22)15(23)11-13/h2-7,10-11H,8-9H2,1H3,(H,24,29). The Morgan fingerprint density at radius 1 is 1.16 bits per heavy atom. The van der Waals surface area contributed by atoms with Crippen molar-refractivity contribution in [1.29, 1.82) is 0 Å². The van der Waals surface area contributed by atoms with Crippen LogP contribution in [0.2, 0.25) is 10.0 Å². The van der Waals surface area contributed by atoms with E-state index in [1.165, 1.54) is 16.8 Å². The van der Waals surface area contributed by atoms with Crippen LogP contribution in [0.3, 0.4) is 0 Å². The Balaban J connectivity index is 1.48. The molecule has 10 heteroatoms. The van der Waals surface area contributed by atoms with Gasteiger partial charge in [0.2, 0.25) is 0 Å². The number of nitrogens with zero attached hydrogens (tertiary/aromatic N) is 3. The van der Waals surface area contributed by atoms with Gasteiger partial charge in [-0.2, -0.15) is 5.10 Å². The summed E-state index contributed by atoms with van der Waals surface area (Å²) in [4.78, 5) is 31.2. The quantitative estimate of drug-likeness (QED) is 0.405. The van der Waals surface area contributed by atoms with Crippen molar-refractivity contribution in [3.05, 3.63) is 79.5 Å². The first kappa shape index (κ1) is 21.7. The Kier molecular flexibility index (Phi) is 6.52. The number of rotatable bonds is 6. The molecule has 3 heterocycles. The highest BCUT2D eigenvalue weighted by Gasteiger charge is 2.14. The topological polar surface area (TPSA) is 76.9 Å². The van der Waals surface area contributed by atoms with Gasteiger partial charge in [-0.05, 0) is 42.6 Å². The van der Waals surface area contributed by atoms with Crippen molar-refractivity contribution in [3.63, 3.8) is 0 Å². The van der Waals surface area contributed by atoms with Crippen LogP contribution in [0.5, 0.6) is 0 Å². The predicted octanol–water partition coefficient (Wildman–Crippen LogP) is 5.14. The molecule has 0 aliphatic rings. The Morgan fingerprint density at radius 2 is 2.00 bits per heavy atom. The van der Waals surface area contributed by atoms with E-state index in [0.29, 0.717) is 21.3 Å². The second-order valence-corrected chi connectivity index (χ2v) is 9.34. The van der Waals surface area contributed by atoms with Crippen LogP contribution in [0.1, 0.15) is 16.1 Å². The third-order valence-electron chi connectivity index (χ3n) is 4.42. The number of aromatic nitrogens is 3. The molecule has 0 saturated heterocycles. The molecular formula is C21H16Cl2N4O2S2. The van der Waals surface area contributed by atoms with Gasteiger partial charge in [-0.15, -0.1) is 22.7 Å². The van der Waals surface area contributed by atoms with E-state index in [0.717, 1.165) is 20.5 Å². The lowest BCUT2D eigenvalue weighted by molar-refractivity contribution is 0.0951. The lowest BCUT2D eigenvalue weighted by atomic mass is 10.2. The van der Waals surface area contributed by atoms with E-state index in [2.05, 4.69) is 15.4 Å². The molecule has 0 saturated carbocycles. The summed E-state index contributed by atoms with van der Waals surface area (Å²) in [5.41, 5.74) is 1.69. The summed E-state index contributed by atoms with van der Waals surface area (Å²) in [5.74, 6) is -0.304. The molecule has 1 amide bonds. The third kappa shape index (κ3) is 4.88. The van der Waals surface area contributed by atoms with Crippen LogP contribution in [-0.2, 0) is 6.54 Å². The Bertz CT molecular complexity index is 1300. The highest BCUT2D eigenvalue weighted by atomic mass is 35.5. The second-order valence-electron chi connectivity index (χ2n) is 6.58. The van der Waals surface area contributed by atoms with Gasteiger partial charge in [0.1, 0.15) is 10.7 Å². The smallest absolute Gasteiger partial charge is 0.266 e. The third-order valence-corrected chi connectivity index (χ3v) is 7.38. The maximum Gasteiger partial charge on any atom is 0.266 e. The summed E-state index contributed by atoms with van der Waals surface area (Å²) >= 11 is 15.0. The van der Waals surface area contributed by atoms with Gasteiger partial charge >= 0.3 is 0 Å². The Morgan fingerprint density at radius 3 is 2.74 bits per heavy atom. The number of carbonyl (C=O) groups is 1. The number of amides is 1. The zero-order chi connectivity index (χ0) is 22.0. The minimum Gasteiger partial charge on any atom is -0.350 e. The molecule has 0 aliphatic carbocycles. The molecule has 0 radical (unpaired) electrons. The zero-order valence-corrected chi connectivity index (χ0v) is 19.4. The van der Waals surface area contributed by atoms with Crippen molar-refractivity contribution in [2.24, 2.45) is 0 Å². The molecule has 158 valence electrons. The van der Waals surface area contributed by atoms with Gasteiger partial charge in [-0.25, -0.2) is 9.67 Å². The molecule has 6 nitrogen and oxygen atoms in total. The minimum absolute atomic E-state index is 0.232. The van der Waals surface area contributed by atoms with Crippen molar-refractivity contribution in [2.45, 2.75) is 13.5 Å². The van der Waals surface area contributed by atoms with Gasteiger partial charge in [0, 0.05) is 18.2 Å². The van der Waals surface area contributed by atoms with Gasteiger partial charge in [0.25, 0.3) is 11.5 Å². The molecule has 0 aliphatic heterocycles. The SMILES string of the molecule is Cc1nc(-c2cccs2)sc1-c1ccc(=O)n(CCNC(=O)c2ccc(Cl)c(Cl)c2)n1.